The molecule has 0 saturated heterocycles. The lowest BCUT2D eigenvalue weighted by molar-refractivity contribution is -0.138. The molecule has 0 radical (unpaired) electrons. The van der Waals surface area contributed by atoms with Crippen LogP contribution in [0.3, 0.4) is 0 Å². The summed E-state index contributed by atoms with van der Waals surface area (Å²) in [5, 5.41) is 2.94. The van der Waals surface area contributed by atoms with Crippen LogP contribution < -0.4 is 14.8 Å². The highest BCUT2D eigenvalue weighted by atomic mass is 19.1. The Morgan fingerprint density at radius 2 is 1.91 bits per heavy atom. The number of rotatable bonds is 8. The van der Waals surface area contributed by atoms with E-state index in [9.17, 15) is 14.0 Å². The first-order valence-electron chi connectivity index (χ1n) is 11.7. The van der Waals surface area contributed by atoms with Crippen molar-refractivity contribution in [2.24, 2.45) is 0 Å². The summed E-state index contributed by atoms with van der Waals surface area (Å²) in [7, 11) is 1.59. The summed E-state index contributed by atoms with van der Waals surface area (Å²) in [6.45, 7) is 2.76. The maximum absolute atomic E-state index is 13.2. The van der Waals surface area contributed by atoms with E-state index in [0.29, 0.717) is 43.1 Å². The monoisotopic (exact) mass is 476 g/mol. The van der Waals surface area contributed by atoms with Gasteiger partial charge in [-0.25, -0.2) is 4.39 Å². The van der Waals surface area contributed by atoms with Gasteiger partial charge in [0.05, 0.1) is 13.5 Å². The number of hydrogen-bond acceptors (Lipinski definition) is 4. The Hall–Kier alpha value is -3.87. The van der Waals surface area contributed by atoms with E-state index in [1.54, 1.807) is 36.3 Å². The van der Waals surface area contributed by atoms with Gasteiger partial charge in [0, 0.05) is 24.3 Å². The third-order valence-corrected chi connectivity index (χ3v) is 6.02. The van der Waals surface area contributed by atoms with Crippen LogP contribution in [0, 0.1) is 5.82 Å². The SMILES string of the molecule is CCC1Oc2ccc(NC(=O)Cc3cccc(OC)c3)cc2CN(CCc2ccc(F)cc2)C1=O. The number of methoxy groups -OCH3 is 1. The maximum Gasteiger partial charge on any atom is 0.263 e. The van der Waals surface area contributed by atoms with E-state index in [4.69, 9.17) is 9.47 Å². The molecule has 4 rings (SSSR count). The zero-order chi connectivity index (χ0) is 24.8. The van der Waals surface area contributed by atoms with Crippen molar-refractivity contribution in [1.82, 2.24) is 4.90 Å². The van der Waals surface area contributed by atoms with Crippen molar-refractivity contribution >= 4 is 17.5 Å². The zero-order valence-electron chi connectivity index (χ0n) is 19.9. The van der Waals surface area contributed by atoms with Crippen molar-refractivity contribution in [3.05, 3.63) is 89.2 Å². The number of benzene rings is 3. The molecular weight excluding hydrogens is 447 g/mol. The Morgan fingerprint density at radius 3 is 2.66 bits per heavy atom. The molecule has 0 aliphatic carbocycles. The van der Waals surface area contributed by atoms with Crippen molar-refractivity contribution in [3.63, 3.8) is 0 Å². The molecule has 3 aromatic carbocycles. The number of amides is 2. The van der Waals surface area contributed by atoms with Crippen molar-refractivity contribution in [2.45, 2.75) is 38.8 Å². The number of anilines is 1. The lowest BCUT2D eigenvalue weighted by Crippen LogP contribution is -2.40. The first kappa shape index (κ1) is 24.3. The van der Waals surface area contributed by atoms with Gasteiger partial charge in [-0.2, -0.15) is 0 Å². The fourth-order valence-corrected chi connectivity index (χ4v) is 4.12. The molecule has 6 nitrogen and oxygen atoms in total. The van der Waals surface area contributed by atoms with Gasteiger partial charge in [0.2, 0.25) is 5.91 Å². The van der Waals surface area contributed by atoms with E-state index in [-0.39, 0.29) is 24.1 Å². The fraction of sp³-hybridized carbons (Fsp3) is 0.286. The summed E-state index contributed by atoms with van der Waals surface area (Å²) in [5.74, 6) is 0.834. The minimum Gasteiger partial charge on any atom is -0.497 e. The van der Waals surface area contributed by atoms with Crippen LogP contribution >= 0.6 is 0 Å². The Kier molecular flexibility index (Phi) is 7.65. The third kappa shape index (κ3) is 6.18. The van der Waals surface area contributed by atoms with Crippen LogP contribution in [0.2, 0.25) is 0 Å². The number of fused-ring (bicyclic) bond motifs is 1. The number of carbonyl (C=O) groups excluding carboxylic acids is 2. The van der Waals surface area contributed by atoms with Crippen LogP contribution in [0.15, 0.2) is 66.7 Å². The number of carbonyl (C=O) groups is 2. The first-order valence-corrected chi connectivity index (χ1v) is 11.7. The van der Waals surface area contributed by atoms with Gasteiger partial charge in [-0.3, -0.25) is 9.59 Å². The van der Waals surface area contributed by atoms with Gasteiger partial charge in [-0.15, -0.1) is 0 Å². The summed E-state index contributed by atoms with van der Waals surface area (Å²) in [4.78, 5) is 27.5. The third-order valence-electron chi connectivity index (χ3n) is 6.02. The van der Waals surface area contributed by atoms with Gasteiger partial charge in [-0.05, 0) is 66.4 Å². The molecule has 1 atom stereocenters. The normalized spacial score (nSPS) is 15.1. The number of ether oxygens (including phenoxy) is 2. The van der Waals surface area contributed by atoms with Crippen molar-refractivity contribution in [2.75, 3.05) is 19.0 Å². The molecule has 0 spiro atoms. The molecule has 3 aromatic rings. The average Bonchev–Trinajstić information content (AvgIpc) is 2.99. The molecule has 0 bridgehead atoms. The quantitative estimate of drug-likeness (QED) is 0.509. The topological polar surface area (TPSA) is 67.9 Å². The predicted octanol–water partition coefficient (Wildman–Crippen LogP) is 4.76. The van der Waals surface area contributed by atoms with Crippen LogP contribution in [0.5, 0.6) is 11.5 Å². The van der Waals surface area contributed by atoms with Crippen molar-refractivity contribution in [3.8, 4) is 11.5 Å². The van der Waals surface area contributed by atoms with Gasteiger partial charge in [0.15, 0.2) is 6.10 Å². The van der Waals surface area contributed by atoms with Crippen LogP contribution in [0.4, 0.5) is 10.1 Å². The lowest BCUT2D eigenvalue weighted by atomic mass is 10.1. The minimum absolute atomic E-state index is 0.0746. The second kappa shape index (κ2) is 11.0. The first-order chi connectivity index (χ1) is 16.9. The molecule has 7 heteroatoms. The van der Waals surface area contributed by atoms with Crippen molar-refractivity contribution in [1.29, 1.82) is 0 Å². The smallest absolute Gasteiger partial charge is 0.263 e. The standard InChI is InChI=1S/C28H29FN2O4/c1-3-25-28(33)31(14-13-19-7-9-22(29)10-8-19)18-21-17-23(11-12-26(21)35-25)30-27(32)16-20-5-4-6-24(15-20)34-2/h4-12,15,17,25H,3,13-14,16,18H2,1-2H3,(H,30,32). The van der Waals surface area contributed by atoms with E-state index >= 15 is 0 Å². The highest BCUT2D eigenvalue weighted by Gasteiger charge is 2.29. The van der Waals surface area contributed by atoms with Gasteiger partial charge in [-0.1, -0.05) is 31.2 Å². The molecule has 182 valence electrons. The van der Waals surface area contributed by atoms with E-state index in [2.05, 4.69) is 5.32 Å². The molecule has 1 unspecified atom stereocenters. The predicted molar refractivity (Wildman–Crippen MR) is 132 cm³/mol. The van der Waals surface area contributed by atoms with E-state index in [1.807, 2.05) is 37.3 Å². The number of nitrogens with zero attached hydrogens (tertiary/aromatic N) is 1. The summed E-state index contributed by atoms with van der Waals surface area (Å²) >= 11 is 0. The van der Waals surface area contributed by atoms with E-state index in [1.165, 1.54) is 12.1 Å². The molecule has 0 aromatic heterocycles. The molecule has 2 amide bonds. The van der Waals surface area contributed by atoms with Gasteiger partial charge < -0.3 is 19.7 Å². The highest BCUT2D eigenvalue weighted by molar-refractivity contribution is 5.92. The largest absolute Gasteiger partial charge is 0.497 e. The summed E-state index contributed by atoms with van der Waals surface area (Å²) in [6.07, 6.45) is 0.794. The van der Waals surface area contributed by atoms with Crippen LogP contribution in [0.25, 0.3) is 0 Å². The summed E-state index contributed by atoms with van der Waals surface area (Å²) in [6, 6.07) is 19.1. The molecule has 1 aliphatic rings. The molecule has 1 aliphatic heterocycles. The van der Waals surface area contributed by atoms with Crippen LogP contribution in [-0.2, 0) is 29.0 Å². The fourth-order valence-electron chi connectivity index (χ4n) is 4.12. The number of hydrogen-bond donors (Lipinski definition) is 1. The van der Waals surface area contributed by atoms with Gasteiger partial charge in [0.1, 0.15) is 17.3 Å². The van der Waals surface area contributed by atoms with Crippen LogP contribution in [0.1, 0.15) is 30.0 Å². The Balaban J connectivity index is 1.47. The molecule has 35 heavy (non-hydrogen) atoms. The molecule has 0 saturated carbocycles. The van der Waals surface area contributed by atoms with E-state index < -0.39 is 6.10 Å². The summed E-state index contributed by atoms with van der Waals surface area (Å²) < 4.78 is 24.5. The number of halogens is 1. The molecular formula is C28H29FN2O4. The number of nitrogens with one attached hydrogen (secondary N) is 1. The lowest BCUT2D eigenvalue weighted by Gasteiger charge is -2.23. The Bertz CT molecular complexity index is 1200. The summed E-state index contributed by atoms with van der Waals surface area (Å²) in [5.41, 5.74) is 3.27. The second-order valence-electron chi connectivity index (χ2n) is 8.55. The molecule has 1 heterocycles. The van der Waals surface area contributed by atoms with Gasteiger partial charge in [0.25, 0.3) is 5.91 Å². The Morgan fingerprint density at radius 1 is 1.11 bits per heavy atom. The Labute approximate surface area is 204 Å². The minimum atomic E-state index is -0.571. The molecule has 1 N–H and O–H groups in total. The van der Waals surface area contributed by atoms with E-state index in [0.717, 1.165) is 16.7 Å². The zero-order valence-corrected chi connectivity index (χ0v) is 19.9. The second-order valence-corrected chi connectivity index (χ2v) is 8.55. The molecule has 0 fully saturated rings. The maximum atomic E-state index is 13.2. The average molecular weight is 477 g/mol. The highest BCUT2D eigenvalue weighted by Crippen LogP contribution is 2.29. The van der Waals surface area contributed by atoms with Crippen LogP contribution in [-0.4, -0.2) is 36.5 Å². The van der Waals surface area contributed by atoms with Crippen molar-refractivity contribution < 1.29 is 23.5 Å². The van der Waals surface area contributed by atoms with Gasteiger partial charge >= 0.3 is 0 Å².